The standard InChI is InChI=1S/C23H23NO4S/c1-3-29(26,27)22-15-11-20(12-16-22)24-23(25)17(2)28-21-13-9-19(10-14-21)18-7-5-4-6-8-18/h4-17H,3H2,1-2H3,(H,24,25). The molecule has 0 heterocycles. The van der Waals surface area contributed by atoms with Gasteiger partial charge in [0.25, 0.3) is 5.91 Å². The van der Waals surface area contributed by atoms with Crippen molar-refractivity contribution >= 4 is 21.4 Å². The van der Waals surface area contributed by atoms with Crippen LogP contribution in [-0.2, 0) is 14.6 Å². The maximum absolute atomic E-state index is 12.4. The first-order valence-electron chi connectivity index (χ1n) is 9.35. The van der Waals surface area contributed by atoms with Crippen LogP contribution in [0.5, 0.6) is 5.75 Å². The Balaban J connectivity index is 1.60. The highest BCUT2D eigenvalue weighted by Gasteiger charge is 2.16. The lowest BCUT2D eigenvalue weighted by Crippen LogP contribution is -2.30. The van der Waals surface area contributed by atoms with Crippen molar-refractivity contribution in [2.45, 2.75) is 24.8 Å². The van der Waals surface area contributed by atoms with Crippen molar-refractivity contribution in [2.75, 3.05) is 11.1 Å². The van der Waals surface area contributed by atoms with Crippen LogP contribution >= 0.6 is 0 Å². The molecule has 0 aromatic heterocycles. The molecule has 0 aliphatic rings. The van der Waals surface area contributed by atoms with E-state index in [1.807, 2.05) is 54.6 Å². The molecule has 0 spiro atoms. The van der Waals surface area contributed by atoms with Crippen molar-refractivity contribution in [3.63, 3.8) is 0 Å². The lowest BCUT2D eigenvalue weighted by atomic mass is 10.1. The Morgan fingerprint density at radius 3 is 2.07 bits per heavy atom. The Hall–Kier alpha value is -3.12. The molecule has 29 heavy (non-hydrogen) atoms. The summed E-state index contributed by atoms with van der Waals surface area (Å²) in [7, 11) is -3.26. The predicted octanol–water partition coefficient (Wildman–Crippen LogP) is 4.55. The van der Waals surface area contributed by atoms with Crippen LogP contribution in [0.25, 0.3) is 11.1 Å². The van der Waals surface area contributed by atoms with Crippen molar-refractivity contribution in [1.29, 1.82) is 0 Å². The van der Waals surface area contributed by atoms with Gasteiger partial charge < -0.3 is 10.1 Å². The zero-order chi connectivity index (χ0) is 20.9. The van der Waals surface area contributed by atoms with Crippen LogP contribution in [0.1, 0.15) is 13.8 Å². The Bertz CT molecular complexity index is 1060. The minimum atomic E-state index is -3.26. The number of amides is 1. The first kappa shape index (κ1) is 20.6. The Labute approximate surface area is 171 Å². The number of benzene rings is 3. The zero-order valence-corrected chi connectivity index (χ0v) is 17.1. The van der Waals surface area contributed by atoms with Crippen LogP contribution in [0.3, 0.4) is 0 Å². The number of anilines is 1. The minimum Gasteiger partial charge on any atom is -0.481 e. The summed E-state index contributed by atoms with van der Waals surface area (Å²) in [5, 5.41) is 2.74. The maximum Gasteiger partial charge on any atom is 0.265 e. The summed E-state index contributed by atoms with van der Waals surface area (Å²) in [4.78, 5) is 12.6. The van der Waals surface area contributed by atoms with E-state index >= 15 is 0 Å². The molecule has 3 aromatic rings. The Morgan fingerprint density at radius 1 is 0.897 bits per heavy atom. The van der Waals surface area contributed by atoms with E-state index in [1.54, 1.807) is 26.0 Å². The highest BCUT2D eigenvalue weighted by atomic mass is 32.2. The number of rotatable bonds is 7. The van der Waals surface area contributed by atoms with E-state index in [-0.39, 0.29) is 16.6 Å². The van der Waals surface area contributed by atoms with Gasteiger partial charge in [-0.15, -0.1) is 0 Å². The number of ether oxygens (including phenoxy) is 1. The van der Waals surface area contributed by atoms with Crippen LogP contribution in [-0.4, -0.2) is 26.2 Å². The number of carbonyl (C=O) groups is 1. The van der Waals surface area contributed by atoms with E-state index in [0.717, 1.165) is 11.1 Å². The normalized spacial score (nSPS) is 12.2. The lowest BCUT2D eigenvalue weighted by Gasteiger charge is -2.15. The largest absolute Gasteiger partial charge is 0.481 e. The van der Waals surface area contributed by atoms with Crippen LogP contribution < -0.4 is 10.1 Å². The van der Waals surface area contributed by atoms with Gasteiger partial charge in [-0.05, 0) is 54.4 Å². The smallest absolute Gasteiger partial charge is 0.265 e. The zero-order valence-electron chi connectivity index (χ0n) is 16.3. The molecule has 5 nitrogen and oxygen atoms in total. The molecule has 150 valence electrons. The summed E-state index contributed by atoms with van der Waals surface area (Å²) >= 11 is 0. The third-order valence-corrected chi connectivity index (χ3v) is 6.26. The van der Waals surface area contributed by atoms with Crippen LogP contribution in [0.2, 0.25) is 0 Å². The molecule has 3 rings (SSSR count). The molecule has 3 aromatic carbocycles. The van der Waals surface area contributed by atoms with Gasteiger partial charge in [-0.1, -0.05) is 49.4 Å². The SMILES string of the molecule is CCS(=O)(=O)c1ccc(NC(=O)C(C)Oc2ccc(-c3ccccc3)cc2)cc1. The second-order valence-corrected chi connectivity index (χ2v) is 8.85. The Morgan fingerprint density at radius 2 is 1.48 bits per heavy atom. The first-order chi connectivity index (χ1) is 13.9. The molecule has 1 unspecified atom stereocenters. The summed E-state index contributed by atoms with van der Waals surface area (Å²) in [6.45, 7) is 3.26. The summed E-state index contributed by atoms with van der Waals surface area (Å²) in [6.07, 6.45) is -0.711. The fraction of sp³-hybridized carbons (Fsp3) is 0.174. The van der Waals surface area contributed by atoms with Crippen LogP contribution in [0.4, 0.5) is 5.69 Å². The molecule has 0 radical (unpaired) electrons. The van der Waals surface area contributed by atoms with Gasteiger partial charge in [0, 0.05) is 5.69 Å². The monoisotopic (exact) mass is 409 g/mol. The highest BCUT2D eigenvalue weighted by molar-refractivity contribution is 7.91. The summed E-state index contributed by atoms with van der Waals surface area (Å²) in [5.41, 5.74) is 2.69. The maximum atomic E-state index is 12.4. The lowest BCUT2D eigenvalue weighted by molar-refractivity contribution is -0.122. The number of hydrogen-bond donors (Lipinski definition) is 1. The Kier molecular flexibility index (Phi) is 6.34. The average molecular weight is 410 g/mol. The molecule has 6 heteroatoms. The second kappa shape index (κ2) is 8.92. The van der Waals surface area contributed by atoms with E-state index in [1.165, 1.54) is 12.1 Å². The predicted molar refractivity (Wildman–Crippen MR) is 115 cm³/mol. The molecule has 1 N–H and O–H groups in total. The number of nitrogens with one attached hydrogen (secondary N) is 1. The van der Waals surface area contributed by atoms with Gasteiger partial charge in [0.2, 0.25) is 0 Å². The van der Waals surface area contributed by atoms with Crippen LogP contribution in [0, 0.1) is 0 Å². The number of sulfone groups is 1. The molecule has 0 saturated carbocycles. The third kappa shape index (κ3) is 5.23. The molecule has 0 aliphatic heterocycles. The van der Waals surface area contributed by atoms with Crippen molar-refractivity contribution in [3.8, 4) is 16.9 Å². The van der Waals surface area contributed by atoms with Gasteiger partial charge in [0.1, 0.15) is 5.75 Å². The fourth-order valence-corrected chi connectivity index (χ4v) is 3.65. The molecule has 0 saturated heterocycles. The third-order valence-electron chi connectivity index (χ3n) is 4.50. The van der Waals surface area contributed by atoms with Crippen molar-refractivity contribution in [1.82, 2.24) is 0 Å². The van der Waals surface area contributed by atoms with E-state index in [4.69, 9.17) is 4.74 Å². The van der Waals surface area contributed by atoms with E-state index in [9.17, 15) is 13.2 Å². The topological polar surface area (TPSA) is 72.5 Å². The number of hydrogen-bond acceptors (Lipinski definition) is 4. The average Bonchev–Trinajstić information content (AvgIpc) is 2.75. The van der Waals surface area contributed by atoms with Gasteiger partial charge in [0.05, 0.1) is 10.6 Å². The molecule has 0 aliphatic carbocycles. The molecule has 0 bridgehead atoms. The van der Waals surface area contributed by atoms with Gasteiger partial charge >= 0.3 is 0 Å². The molecular weight excluding hydrogens is 386 g/mol. The first-order valence-corrected chi connectivity index (χ1v) is 11.0. The van der Waals surface area contributed by atoms with E-state index in [0.29, 0.717) is 11.4 Å². The van der Waals surface area contributed by atoms with E-state index in [2.05, 4.69) is 5.32 Å². The van der Waals surface area contributed by atoms with E-state index < -0.39 is 15.9 Å². The van der Waals surface area contributed by atoms with Crippen LogP contribution in [0.15, 0.2) is 83.8 Å². The second-order valence-electron chi connectivity index (χ2n) is 6.57. The summed E-state index contributed by atoms with van der Waals surface area (Å²) in [5.74, 6) is 0.312. The van der Waals surface area contributed by atoms with Crippen molar-refractivity contribution in [3.05, 3.63) is 78.9 Å². The van der Waals surface area contributed by atoms with Crippen molar-refractivity contribution < 1.29 is 17.9 Å². The quantitative estimate of drug-likeness (QED) is 0.621. The highest BCUT2D eigenvalue weighted by Crippen LogP contribution is 2.23. The molecule has 0 fully saturated rings. The summed E-state index contributed by atoms with van der Waals surface area (Å²) < 4.78 is 29.4. The molecule has 1 amide bonds. The fourth-order valence-electron chi connectivity index (χ4n) is 2.77. The summed E-state index contributed by atoms with van der Waals surface area (Å²) in [6, 6.07) is 23.7. The molecule has 1 atom stereocenters. The molecular formula is C23H23NO4S. The van der Waals surface area contributed by atoms with Gasteiger partial charge in [-0.3, -0.25) is 4.79 Å². The van der Waals surface area contributed by atoms with Gasteiger partial charge in [-0.2, -0.15) is 0 Å². The van der Waals surface area contributed by atoms with Crippen molar-refractivity contribution in [2.24, 2.45) is 0 Å². The minimum absolute atomic E-state index is 0.0344. The van der Waals surface area contributed by atoms with Gasteiger partial charge in [-0.25, -0.2) is 8.42 Å². The number of carbonyl (C=O) groups excluding carboxylic acids is 1. The van der Waals surface area contributed by atoms with Gasteiger partial charge in [0.15, 0.2) is 15.9 Å².